The Kier molecular flexibility index (Phi) is 10.1. The third-order valence-corrected chi connectivity index (χ3v) is 10.6. The number of nitrogens with zero attached hydrogens (tertiary/aromatic N) is 2. The Hall–Kier alpha value is -4.90. The first kappa shape index (κ1) is 35.4. The zero-order valence-electron chi connectivity index (χ0n) is 26.2. The number of carbonyl (C=O) groups excluding carboxylic acids is 2. The fourth-order valence-corrected chi connectivity index (χ4v) is 7.49. The number of amides is 1. The first-order valence-corrected chi connectivity index (χ1v) is 16.7. The first-order valence-electron chi connectivity index (χ1n) is 15.2. The average molecular weight is 694 g/mol. The molecule has 4 aromatic carbocycles. The van der Waals surface area contributed by atoms with Crippen LogP contribution in [0.3, 0.4) is 0 Å². The Balaban J connectivity index is 1.47. The summed E-state index contributed by atoms with van der Waals surface area (Å²) >= 11 is 0. The van der Waals surface area contributed by atoms with E-state index in [1.807, 2.05) is 0 Å². The maximum Gasteiger partial charge on any atom is 0.417 e. The van der Waals surface area contributed by atoms with Crippen molar-refractivity contribution >= 4 is 27.4 Å². The third-order valence-electron chi connectivity index (χ3n) is 8.68. The van der Waals surface area contributed by atoms with Crippen LogP contribution in [0.25, 0.3) is 11.1 Å². The van der Waals surface area contributed by atoms with Gasteiger partial charge in [-0.2, -0.15) is 22.7 Å². The van der Waals surface area contributed by atoms with Gasteiger partial charge in [-0.1, -0.05) is 42.5 Å². The predicted octanol–water partition coefficient (Wildman–Crippen LogP) is 6.60. The lowest BCUT2D eigenvalue weighted by Crippen LogP contribution is -2.54. The summed E-state index contributed by atoms with van der Waals surface area (Å²) in [4.78, 5) is 25.8. The maximum absolute atomic E-state index is 13.9. The summed E-state index contributed by atoms with van der Waals surface area (Å²) in [5.74, 6) is -2.58. The largest absolute Gasteiger partial charge is 0.417 e. The van der Waals surface area contributed by atoms with Crippen molar-refractivity contribution in [2.45, 2.75) is 42.9 Å². The third kappa shape index (κ3) is 7.72. The fraction of sp³-hybridized carbons (Fsp3) is 0.250. The Morgan fingerprint density at radius 3 is 2.18 bits per heavy atom. The lowest BCUT2D eigenvalue weighted by molar-refractivity contribution is -0.142. The van der Waals surface area contributed by atoms with E-state index in [4.69, 9.17) is 0 Å². The van der Waals surface area contributed by atoms with Crippen molar-refractivity contribution < 1.29 is 40.7 Å². The summed E-state index contributed by atoms with van der Waals surface area (Å²) < 4.78 is 82.2. The summed E-state index contributed by atoms with van der Waals surface area (Å²) in [7, 11) is -4.02. The van der Waals surface area contributed by atoms with Gasteiger partial charge in [0.15, 0.2) is 5.78 Å². The number of halogens is 4. The second-order valence-electron chi connectivity index (χ2n) is 11.9. The van der Waals surface area contributed by atoms with Crippen molar-refractivity contribution in [2.24, 2.45) is 5.92 Å². The van der Waals surface area contributed by atoms with Crippen molar-refractivity contribution in [3.05, 3.63) is 119 Å². The molecule has 2 N–H and O–H groups in total. The molecule has 1 unspecified atom stereocenters. The van der Waals surface area contributed by atoms with Crippen LogP contribution < -0.4 is 5.32 Å². The van der Waals surface area contributed by atoms with E-state index < -0.39 is 50.6 Å². The molecule has 4 aromatic rings. The summed E-state index contributed by atoms with van der Waals surface area (Å²) in [5, 5.41) is 23.8. The number of alkyl halides is 3. The highest BCUT2D eigenvalue weighted by Gasteiger charge is 2.46. The molecule has 1 fully saturated rings. The number of anilines is 1. The van der Waals surface area contributed by atoms with E-state index in [0.29, 0.717) is 28.3 Å². The molecular formula is C36H31F4N3O5S. The van der Waals surface area contributed by atoms with Crippen LogP contribution in [0.2, 0.25) is 0 Å². The summed E-state index contributed by atoms with van der Waals surface area (Å²) in [6.07, 6.45) is -5.13. The Bertz CT molecular complexity index is 2040. The normalized spacial score (nSPS) is 15.6. The Morgan fingerprint density at radius 1 is 0.939 bits per heavy atom. The standard InChI is InChI=1S/C36H31F4N3O5S/c1-23(44)25-5-3-7-27(19-25)26-6-2-4-24(18-26)21-35(46,34(45)42-31-11-8-28(22-41)33(20-31)36(38,39)40)29-14-16-43(17-15-29)49(47,48)32-12-9-30(37)10-13-32/h2-13,18-20,29,46H,14-17,21H2,1H3,(H,42,45). The van der Waals surface area contributed by atoms with Crippen LogP contribution >= 0.6 is 0 Å². The average Bonchev–Trinajstić information content (AvgIpc) is 3.08. The van der Waals surface area contributed by atoms with E-state index in [1.165, 1.54) is 17.3 Å². The summed E-state index contributed by atoms with van der Waals surface area (Å²) in [6.45, 7) is 1.26. The molecule has 49 heavy (non-hydrogen) atoms. The summed E-state index contributed by atoms with van der Waals surface area (Å²) in [6, 6.07) is 22.3. The minimum Gasteiger partial charge on any atom is -0.379 e. The topological polar surface area (TPSA) is 128 Å². The molecule has 1 heterocycles. The van der Waals surface area contributed by atoms with Gasteiger partial charge in [0.2, 0.25) is 10.0 Å². The van der Waals surface area contributed by atoms with Gasteiger partial charge in [0.25, 0.3) is 5.91 Å². The number of hydrogen-bond acceptors (Lipinski definition) is 6. The monoisotopic (exact) mass is 693 g/mol. The second kappa shape index (κ2) is 13.9. The number of ketones is 1. The van der Waals surface area contributed by atoms with Gasteiger partial charge in [-0.3, -0.25) is 9.59 Å². The van der Waals surface area contributed by atoms with Crippen LogP contribution in [-0.2, 0) is 27.4 Å². The number of Topliss-reactive ketones (excluding diaryl/α,β-unsaturated/α-hetero) is 1. The minimum absolute atomic E-state index is 0.0197. The van der Waals surface area contributed by atoms with Crippen LogP contribution in [0.5, 0.6) is 0 Å². The molecule has 1 atom stereocenters. The molecule has 0 aromatic heterocycles. The van der Waals surface area contributed by atoms with Gasteiger partial charge < -0.3 is 10.4 Å². The van der Waals surface area contributed by atoms with Gasteiger partial charge in [-0.05, 0) is 90.9 Å². The van der Waals surface area contributed by atoms with Crippen LogP contribution in [0.15, 0.2) is 95.9 Å². The summed E-state index contributed by atoms with van der Waals surface area (Å²) in [5.41, 5.74) is -2.03. The molecule has 0 saturated carbocycles. The number of nitrogens with one attached hydrogen (secondary N) is 1. The second-order valence-corrected chi connectivity index (χ2v) is 13.8. The molecular weight excluding hydrogens is 662 g/mol. The van der Waals surface area contributed by atoms with Crippen molar-refractivity contribution in [2.75, 3.05) is 18.4 Å². The number of hydrogen-bond donors (Lipinski definition) is 2. The molecule has 13 heteroatoms. The van der Waals surface area contributed by atoms with E-state index in [-0.39, 0.29) is 48.7 Å². The number of piperidine rings is 1. The van der Waals surface area contributed by atoms with Crippen LogP contribution in [-0.4, -0.2) is 48.2 Å². The molecule has 1 amide bonds. The zero-order valence-corrected chi connectivity index (χ0v) is 27.0. The van der Waals surface area contributed by atoms with Crippen molar-refractivity contribution in [1.29, 1.82) is 5.26 Å². The van der Waals surface area contributed by atoms with Gasteiger partial charge >= 0.3 is 6.18 Å². The predicted molar refractivity (Wildman–Crippen MR) is 173 cm³/mol. The van der Waals surface area contributed by atoms with Gasteiger partial charge in [0.1, 0.15) is 11.4 Å². The zero-order chi connectivity index (χ0) is 35.6. The van der Waals surface area contributed by atoms with Crippen molar-refractivity contribution in [1.82, 2.24) is 4.31 Å². The number of rotatable bonds is 9. The quantitative estimate of drug-likeness (QED) is 0.150. The minimum atomic E-state index is -4.88. The number of sulfonamides is 1. The van der Waals surface area contributed by atoms with Gasteiger partial charge in [-0.25, -0.2) is 12.8 Å². The number of nitriles is 1. The molecule has 0 radical (unpaired) electrons. The highest BCUT2D eigenvalue weighted by Crippen LogP contribution is 2.37. The van der Waals surface area contributed by atoms with E-state index >= 15 is 0 Å². The van der Waals surface area contributed by atoms with Crippen molar-refractivity contribution in [3.8, 4) is 17.2 Å². The molecule has 8 nitrogen and oxygen atoms in total. The Morgan fingerprint density at radius 2 is 1.57 bits per heavy atom. The smallest absolute Gasteiger partial charge is 0.379 e. The van der Waals surface area contributed by atoms with Gasteiger partial charge in [0, 0.05) is 30.8 Å². The maximum atomic E-state index is 13.9. The molecule has 0 spiro atoms. The number of carbonyl (C=O) groups is 2. The fourth-order valence-electron chi connectivity index (χ4n) is 6.02. The van der Waals surface area contributed by atoms with Crippen LogP contribution in [0, 0.1) is 23.1 Å². The molecule has 5 rings (SSSR count). The molecule has 1 saturated heterocycles. The Labute approximate surface area is 280 Å². The van der Waals surface area contributed by atoms with Crippen LogP contribution in [0.1, 0.15) is 46.8 Å². The van der Waals surface area contributed by atoms with Gasteiger partial charge in [0.05, 0.1) is 22.1 Å². The van der Waals surface area contributed by atoms with E-state index in [0.717, 1.165) is 36.4 Å². The molecule has 1 aliphatic rings. The number of aliphatic hydroxyl groups is 1. The van der Waals surface area contributed by atoms with Crippen molar-refractivity contribution in [3.63, 3.8) is 0 Å². The SMILES string of the molecule is CC(=O)c1cccc(-c2cccc(CC(O)(C(=O)Nc3ccc(C#N)c(C(F)(F)F)c3)C3CCN(S(=O)(=O)c4ccc(F)cc4)CC3)c2)c1. The first-order chi connectivity index (χ1) is 23.1. The molecule has 0 aliphatic carbocycles. The molecule has 254 valence electrons. The number of benzene rings is 4. The lowest BCUT2D eigenvalue weighted by atomic mass is 9.76. The highest BCUT2D eigenvalue weighted by molar-refractivity contribution is 7.89. The van der Waals surface area contributed by atoms with E-state index in [9.17, 15) is 45.9 Å². The molecule has 0 bridgehead atoms. The van der Waals surface area contributed by atoms with E-state index in [1.54, 1.807) is 48.5 Å². The van der Waals surface area contributed by atoms with Gasteiger partial charge in [-0.15, -0.1) is 0 Å². The highest BCUT2D eigenvalue weighted by atomic mass is 32.2. The van der Waals surface area contributed by atoms with E-state index in [2.05, 4.69) is 5.32 Å². The van der Waals surface area contributed by atoms with Crippen LogP contribution in [0.4, 0.5) is 23.2 Å². The molecule has 1 aliphatic heterocycles. The lowest BCUT2D eigenvalue weighted by Gasteiger charge is -2.40.